The van der Waals surface area contributed by atoms with Gasteiger partial charge in [-0.15, -0.1) is 0 Å². The lowest BCUT2D eigenvalue weighted by Crippen LogP contribution is -2.30. The van der Waals surface area contributed by atoms with Crippen molar-refractivity contribution in [1.29, 1.82) is 0 Å². The van der Waals surface area contributed by atoms with E-state index in [1.54, 1.807) is 12.4 Å². The molecule has 1 N–H and O–H groups in total. The lowest BCUT2D eigenvalue weighted by Gasteiger charge is -2.25. The number of anilines is 1. The summed E-state index contributed by atoms with van der Waals surface area (Å²) in [5, 5.41) is 3.41. The lowest BCUT2D eigenvalue weighted by atomic mass is 9.95. The molecule has 1 atom stereocenters. The van der Waals surface area contributed by atoms with Crippen LogP contribution in [0.15, 0.2) is 12.4 Å². The zero-order valence-electron chi connectivity index (χ0n) is 9.40. The summed E-state index contributed by atoms with van der Waals surface area (Å²) in [6.07, 6.45) is 5.99. The van der Waals surface area contributed by atoms with Gasteiger partial charge in [0.15, 0.2) is 0 Å². The van der Waals surface area contributed by atoms with E-state index in [0.717, 1.165) is 24.6 Å². The normalized spacial score (nSPS) is 21.3. The van der Waals surface area contributed by atoms with Gasteiger partial charge in [0.05, 0.1) is 5.69 Å². The highest BCUT2D eigenvalue weighted by Crippen LogP contribution is 2.26. The molecule has 0 amide bonds. The van der Waals surface area contributed by atoms with Crippen LogP contribution in [0, 0.1) is 0 Å². The number of hydrogen-bond acceptors (Lipinski definition) is 4. The number of aromatic nitrogens is 2. The van der Waals surface area contributed by atoms with Gasteiger partial charge in [-0.3, -0.25) is 4.98 Å². The number of hydrogen-bond donors (Lipinski definition) is 1. The summed E-state index contributed by atoms with van der Waals surface area (Å²) in [5.41, 5.74) is 1.13. The maximum absolute atomic E-state index is 4.48. The Hall–Kier alpha value is -1.16. The van der Waals surface area contributed by atoms with E-state index in [-0.39, 0.29) is 0 Å². The van der Waals surface area contributed by atoms with Crippen LogP contribution in [-0.2, 0) is 0 Å². The third-order valence-electron chi connectivity index (χ3n) is 2.81. The van der Waals surface area contributed by atoms with Crippen molar-refractivity contribution in [3.8, 4) is 0 Å². The first kappa shape index (κ1) is 10.4. The van der Waals surface area contributed by atoms with Gasteiger partial charge in [-0.25, -0.2) is 4.98 Å². The van der Waals surface area contributed by atoms with Crippen molar-refractivity contribution in [1.82, 2.24) is 15.3 Å². The van der Waals surface area contributed by atoms with Gasteiger partial charge in [0.2, 0.25) is 0 Å². The molecule has 0 bridgehead atoms. The van der Waals surface area contributed by atoms with Crippen molar-refractivity contribution in [2.75, 3.05) is 32.1 Å². The van der Waals surface area contributed by atoms with Gasteiger partial charge in [-0.1, -0.05) is 0 Å². The van der Waals surface area contributed by atoms with E-state index in [0.29, 0.717) is 5.92 Å². The van der Waals surface area contributed by atoms with Crippen molar-refractivity contribution in [2.45, 2.75) is 18.8 Å². The van der Waals surface area contributed by atoms with Crippen molar-refractivity contribution in [3.63, 3.8) is 0 Å². The molecule has 1 fully saturated rings. The van der Waals surface area contributed by atoms with Gasteiger partial charge in [0, 0.05) is 39.0 Å². The van der Waals surface area contributed by atoms with E-state index in [2.05, 4.69) is 15.3 Å². The Morgan fingerprint density at radius 2 is 2.13 bits per heavy atom. The molecule has 0 spiro atoms. The molecule has 1 aliphatic heterocycles. The van der Waals surface area contributed by atoms with Crippen LogP contribution < -0.4 is 10.2 Å². The molecular weight excluding hydrogens is 188 g/mol. The quantitative estimate of drug-likeness (QED) is 0.784. The fraction of sp³-hybridized carbons (Fsp3) is 0.636. The van der Waals surface area contributed by atoms with Crippen LogP contribution in [0.3, 0.4) is 0 Å². The van der Waals surface area contributed by atoms with Gasteiger partial charge in [0.1, 0.15) is 5.82 Å². The Labute approximate surface area is 90.7 Å². The van der Waals surface area contributed by atoms with E-state index in [9.17, 15) is 0 Å². The molecule has 1 aliphatic rings. The van der Waals surface area contributed by atoms with E-state index in [4.69, 9.17) is 0 Å². The second kappa shape index (κ2) is 4.57. The van der Waals surface area contributed by atoms with Crippen molar-refractivity contribution in [3.05, 3.63) is 18.1 Å². The average molecular weight is 206 g/mol. The smallest absolute Gasteiger partial charge is 0.150 e. The molecule has 0 aliphatic carbocycles. The number of rotatable bonds is 2. The maximum Gasteiger partial charge on any atom is 0.150 e. The summed E-state index contributed by atoms with van der Waals surface area (Å²) in [4.78, 5) is 10.9. The lowest BCUT2D eigenvalue weighted by molar-refractivity contribution is 0.454. The van der Waals surface area contributed by atoms with Crippen LogP contribution in [0.4, 0.5) is 5.82 Å². The number of nitrogens with zero attached hydrogens (tertiary/aromatic N) is 3. The Morgan fingerprint density at radius 1 is 1.33 bits per heavy atom. The summed E-state index contributed by atoms with van der Waals surface area (Å²) in [7, 11) is 4.04. The largest absolute Gasteiger partial charge is 0.361 e. The van der Waals surface area contributed by atoms with Gasteiger partial charge in [-0.2, -0.15) is 0 Å². The molecule has 0 radical (unpaired) electrons. The molecule has 2 heterocycles. The van der Waals surface area contributed by atoms with Gasteiger partial charge in [0.25, 0.3) is 0 Å². The molecule has 15 heavy (non-hydrogen) atoms. The van der Waals surface area contributed by atoms with E-state index < -0.39 is 0 Å². The molecule has 82 valence electrons. The summed E-state index contributed by atoms with van der Waals surface area (Å²) in [6.45, 7) is 2.16. The molecular formula is C11H18N4. The Kier molecular flexibility index (Phi) is 3.16. The summed E-state index contributed by atoms with van der Waals surface area (Å²) in [5.74, 6) is 1.52. The predicted molar refractivity (Wildman–Crippen MR) is 61.2 cm³/mol. The first-order valence-corrected chi connectivity index (χ1v) is 5.48. The van der Waals surface area contributed by atoms with Gasteiger partial charge >= 0.3 is 0 Å². The minimum atomic E-state index is 0.518. The minimum Gasteiger partial charge on any atom is -0.361 e. The fourth-order valence-corrected chi connectivity index (χ4v) is 2.06. The zero-order valence-corrected chi connectivity index (χ0v) is 9.40. The highest BCUT2D eigenvalue weighted by Gasteiger charge is 2.20. The zero-order chi connectivity index (χ0) is 10.7. The van der Waals surface area contributed by atoms with Crippen LogP contribution in [0.2, 0.25) is 0 Å². The average Bonchev–Trinajstić information content (AvgIpc) is 2.30. The van der Waals surface area contributed by atoms with E-state index in [1.165, 1.54) is 12.8 Å². The van der Waals surface area contributed by atoms with Crippen LogP contribution in [0.25, 0.3) is 0 Å². The Balaban J connectivity index is 2.25. The fourth-order valence-electron chi connectivity index (χ4n) is 2.06. The van der Waals surface area contributed by atoms with E-state index >= 15 is 0 Å². The van der Waals surface area contributed by atoms with Crippen molar-refractivity contribution >= 4 is 5.82 Å². The minimum absolute atomic E-state index is 0.518. The van der Waals surface area contributed by atoms with Crippen LogP contribution in [0.5, 0.6) is 0 Å². The van der Waals surface area contributed by atoms with Crippen LogP contribution >= 0.6 is 0 Å². The van der Waals surface area contributed by atoms with Gasteiger partial charge < -0.3 is 10.2 Å². The topological polar surface area (TPSA) is 41.1 Å². The summed E-state index contributed by atoms with van der Waals surface area (Å²) in [6, 6.07) is 0. The summed E-state index contributed by atoms with van der Waals surface area (Å²) < 4.78 is 0. The SMILES string of the molecule is CN(C)c1nccnc1[C@@H]1CCCNC1. The summed E-state index contributed by atoms with van der Waals surface area (Å²) >= 11 is 0. The first-order valence-electron chi connectivity index (χ1n) is 5.48. The second-order valence-corrected chi connectivity index (χ2v) is 4.20. The van der Waals surface area contributed by atoms with Crippen molar-refractivity contribution in [2.24, 2.45) is 0 Å². The first-order chi connectivity index (χ1) is 7.29. The Morgan fingerprint density at radius 3 is 2.80 bits per heavy atom. The molecule has 1 aromatic rings. The number of nitrogens with one attached hydrogen (secondary N) is 1. The number of piperidine rings is 1. The predicted octanol–water partition coefficient (Wildman–Crippen LogP) is 1.01. The van der Waals surface area contributed by atoms with E-state index in [1.807, 2.05) is 19.0 Å². The van der Waals surface area contributed by atoms with Crippen LogP contribution in [0.1, 0.15) is 24.5 Å². The molecule has 0 saturated carbocycles. The molecule has 4 heteroatoms. The third-order valence-corrected chi connectivity index (χ3v) is 2.81. The standard InChI is InChI=1S/C11H18N4/c1-15(2)11-10(13-6-7-14-11)9-4-3-5-12-8-9/h6-7,9,12H,3-5,8H2,1-2H3/t9-/m1/s1. The highest BCUT2D eigenvalue weighted by atomic mass is 15.1. The molecule has 4 nitrogen and oxygen atoms in total. The van der Waals surface area contributed by atoms with Crippen LogP contribution in [-0.4, -0.2) is 37.2 Å². The highest BCUT2D eigenvalue weighted by molar-refractivity contribution is 5.43. The monoisotopic (exact) mass is 206 g/mol. The maximum atomic E-state index is 4.48. The third kappa shape index (κ3) is 2.26. The molecule has 1 aromatic heterocycles. The van der Waals surface area contributed by atoms with Crippen molar-refractivity contribution < 1.29 is 0 Å². The molecule has 1 saturated heterocycles. The van der Waals surface area contributed by atoms with Gasteiger partial charge in [-0.05, 0) is 19.4 Å². The molecule has 0 aromatic carbocycles. The Bertz CT molecular complexity index is 318. The molecule has 0 unspecified atom stereocenters. The second-order valence-electron chi connectivity index (χ2n) is 4.20. The molecule has 2 rings (SSSR count).